The van der Waals surface area contributed by atoms with Gasteiger partial charge in [0.1, 0.15) is 0 Å². The minimum Gasteiger partial charge on any atom is -0.398 e. The second-order valence-electron chi connectivity index (χ2n) is 4.53. The van der Waals surface area contributed by atoms with E-state index in [0.717, 1.165) is 0 Å². The fraction of sp³-hybridized carbons (Fsp3) is 0. The van der Waals surface area contributed by atoms with Crippen molar-refractivity contribution in [2.45, 2.75) is 0 Å². The molecule has 0 saturated carbocycles. The SMILES string of the molecule is Nc1ccc(C(=O)Nc2ccc3[nH]c(=O)[nH]c3c2)cc1Cl. The summed E-state index contributed by atoms with van der Waals surface area (Å²) in [6.45, 7) is 0. The number of fused-ring (bicyclic) bond motifs is 1. The minimum absolute atomic E-state index is 0.293. The molecule has 0 radical (unpaired) electrons. The molecule has 0 aliphatic heterocycles. The molecule has 106 valence electrons. The Balaban J connectivity index is 1.88. The molecule has 7 heteroatoms. The molecule has 0 unspecified atom stereocenters. The van der Waals surface area contributed by atoms with Gasteiger partial charge in [-0.15, -0.1) is 0 Å². The molecule has 0 saturated heterocycles. The van der Waals surface area contributed by atoms with Gasteiger partial charge in [0, 0.05) is 11.3 Å². The summed E-state index contributed by atoms with van der Waals surface area (Å²) in [6, 6.07) is 9.74. The van der Waals surface area contributed by atoms with Gasteiger partial charge in [0.15, 0.2) is 0 Å². The summed E-state index contributed by atoms with van der Waals surface area (Å²) in [7, 11) is 0. The van der Waals surface area contributed by atoms with Crippen LogP contribution in [0.4, 0.5) is 11.4 Å². The lowest BCUT2D eigenvalue weighted by Crippen LogP contribution is -2.12. The lowest BCUT2D eigenvalue weighted by Gasteiger charge is -2.06. The highest BCUT2D eigenvalue weighted by Gasteiger charge is 2.09. The minimum atomic E-state index is -0.311. The number of rotatable bonds is 2. The predicted octanol–water partition coefficient (Wildman–Crippen LogP) is 2.34. The van der Waals surface area contributed by atoms with Crippen molar-refractivity contribution >= 4 is 39.9 Å². The van der Waals surface area contributed by atoms with Crippen LogP contribution < -0.4 is 16.7 Å². The third-order valence-electron chi connectivity index (χ3n) is 3.04. The number of nitrogens with one attached hydrogen (secondary N) is 3. The summed E-state index contributed by atoms with van der Waals surface area (Å²) in [6.07, 6.45) is 0. The number of benzene rings is 2. The van der Waals surface area contributed by atoms with Gasteiger partial charge in [0.05, 0.1) is 21.7 Å². The van der Waals surface area contributed by atoms with Gasteiger partial charge in [-0.1, -0.05) is 11.6 Å². The van der Waals surface area contributed by atoms with Gasteiger partial charge >= 0.3 is 5.69 Å². The van der Waals surface area contributed by atoms with Gasteiger partial charge in [0.2, 0.25) is 0 Å². The number of anilines is 2. The Bertz CT molecular complexity index is 897. The molecule has 3 rings (SSSR count). The summed E-state index contributed by atoms with van der Waals surface area (Å²) >= 11 is 5.89. The van der Waals surface area contributed by atoms with Crippen molar-refractivity contribution in [3.05, 3.63) is 57.5 Å². The van der Waals surface area contributed by atoms with Crippen molar-refractivity contribution in [1.29, 1.82) is 0 Å². The summed E-state index contributed by atoms with van der Waals surface area (Å²) in [5, 5.41) is 3.06. The van der Waals surface area contributed by atoms with E-state index in [1.807, 2.05) is 0 Å². The van der Waals surface area contributed by atoms with Crippen LogP contribution in [-0.2, 0) is 0 Å². The lowest BCUT2D eigenvalue weighted by molar-refractivity contribution is 0.102. The Hall–Kier alpha value is -2.73. The number of carbonyl (C=O) groups excluding carboxylic acids is 1. The van der Waals surface area contributed by atoms with E-state index in [0.29, 0.717) is 33.0 Å². The average Bonchev–Trinajstić information content (AvgIpc) is 2.81. The Morgan fingerprint density at radius 2 is 1.86 bits per heavy atom. The van der Waals surface area contributed by atoms with Crippen LogP contribution in [0.25, 0.3) is 11.0 Å². The molecule has 0 bridgehead atoms. The molecule has 6 nitrogen and oxygen atoms in total. The zero-order chi connectivity index (χ0) is 15.0. The average molecular weight is 303 g/mol. The van der Waals surface area contributed by atoms with Crippen molar-refractivity contribution in [2.24, 2.45) is 0 Å². The number of hydrogen-bond donors (Lipinski definition) is 4. The van der Waals surface area contributed by atoms with Crippen molar-refractivity contribution in [3.8, 4) is 0 Å². The summed E-state index contributed by atoms with van der Waals surface area (Å²) < 4.78 is 0. The standard InChI is InChI=1S/C14H11ClN4O2/c15-9-5-7(1-3-10(9)16)13(20)17-8-2-4-11-12(6-8)19-14(21)18-11/h1-6H,16H2,(H,17,20)(H2,18,19,21). The molecule has 0 aliphatic rings. The number of hydrogen-bond acceptors (Lipinski definition) is 3. The first-order valence-corrected chi connectivity index (χ1v) is 6.49. The van der Waals surface area contributed by atoms with Crippen LogP contribution in [0, 0.1) is 0 Å². The maximum Gasteiger partial charge on any atom is 0.323 e. The van der Waals surface area contributed by atoms with E-state index in [1.165, 1.54) is 6.07 Å². The van der Waals surface area contributed by atoms with Crippen LogP contribution in [-0.4, -0.2) is 15.9 Å². The monoisotopic (exact) mass is 302 g/mol. The number of amides is 1. The van der Waals surface area contributed by atoms with Gasteiger partial charge in [-0.2, -0.15) is 0 Å². The van der Waals surface area contributed by atoms with Crippen molar-refractivity contribution in [1.82, 2.24) is 9.97 Å². The van der Waals surface area contributed by atoms with Crippen LogP contribution in [0.1, 0.15) is 10.4 Å². The number of carbonyl (C=O) groups is 1. The van der Waals surface area contributed by atoms with Crippen molar-refractivity contribution in [2.75, 3.05) is 11.1 Å². The summed E-state index contributed by atoms with van der Waals surface area (Å²) in [4.78, 5) is 28.6. The number of halogens is 1. The number of imidazole rings is 1. The van der Waals surface area contributed by atoms with E-state index in [4.69, 9.17) is 17.3 Å². The van der Waals surface area contributed by atoms with Crippen molar-refractivity contribution in [3.63, 3.8) is 0 Å². The highest BCUT2D eigenvalue weighted by atomic mass is 35.5. The summed E-state index contributed by atoms with van der Waals surface area (Å²) in [5.74, 6) is -0.311. The Morgan fingerprint density at radius 3 is 2.62 bits per heavy atom. The van der Waals surface area contributed by atoms with E-state index >= 15 is 0 Å². The van der Waals surface area contributed by atoms with Gasteiger partial charge in [-0.3, -0.25) is 4.79 Å². The molecule has 0 atom stereocenters. The molecule has 0 fully saturated rings. The van der Waals surface area contributed by atoms with Gasteiger partial charge in [-0.05, 0) is 36.4 Å². The normalized spacial score (nSPS) is 10.7. The van der Waals surface area contributed by atoms with Gasteiger partial charge in [0.25, 0.3) is 5.91 Å². The third-order valence-corrected chi connectivity index (χ3v) is 3.36. The van der Waals surface area contributed by atoms with Crippen LogP contribution in [0.2, 0.25) is 5.02 Å². The number of nitrogen functional groups attached to an aromatic ring is 1. The first-order valence-electron chi connectivity index (χ1n) is 6.11. The van der Waals surface area contributed by atoms with Crippen LogP contribution in [0.15, 0.2) is 41.2 Å². The first-order chi connectivity index (χ1) is 10.0. The third kappa shape index (κ3) is 2.61. The molecule has 5 N–H and O–H groups in total. The Morgan fingerprint density at radius 1 is 1.10 bits per heavy atom. The lowest BCUT2D eigenvalue weighted by atomic mass is 10.2. The van der Waals surface area contributed by atoms with E-state index in [1.54, 1.807) is 30.3 Å². The molecule has 0 spiro atoms. The van der Waals surface area contributed by atoms with E-state index in [2.05, 4.69) is 15.3 Å². The fourth-order valence-corrected chi connectivity index (χ4v) is 2.16. The zero-order valence-electron chi connectivity index (χ0n) is 10.7. The highest BCUT2D eigenvalue weighted by Crippen LogP contribution is 2.21. The molecule has 0 aliphatic carbocycles. The molecule has 21 heavy (non-hydrogen) atoms. The van der Waals surface area contributed by atoms with Crippen LogP contribution in [0.3, 0.4) is 0 Å². The van der Waals surface area contributed by atoms with Crippen LogP contribution >= 0.6 is 11.6 Å². The second kappa shape index (κ2) is 4.99. The topological polar surface area (TPSA) is 104 Å². The number of H-pyrrole nitrogens is 2. The predicted molar refractivity (Wildman–Crippen MR) is 82.7 cm³/mol. The van der Waals surface area contributed by atoms with Crippen LogP contribution in [0.5, 0.6) is 0 Å². The number of aromatic nitrogens is 2. The largest absolute Gasteiger partial charge is 0.398 e. The highest BCUT2D eigenvalue weighted by molar-refractivity contribution is 6.33. The molecule has 1 aromatic heterocycles. The van der Waals surface area contributed by atoms with E-state index in [-0.39, 0.29) is 11.6 Å². The van der Waals surface area contributed by atoms with Gasteiger partial charge in [-0.25, -0.2) is 4.79 Å². The first kappa shape index (κ1) is 13.3. The number of nitrogens with two attached hydrogens (primary N) is 1. The van der Waals surface area contributed by atoms with Gasteiger partial charge < -0.3 is 21.0 Å². The smallest absolute Gasteiger partial charge is 0.323 e. The molecule has 1 heterocycles. The maximum absolute atomic E-state index is 12.1. The molecular formula is C14H11ClN4O2. The molecule has 1 amide bonds. The zero-order valence-corrected chi connectivity index (χ0v) is 11.5. The summed E-state index contributed by atoms with van der Waals surface area (Å²) in [5.41, 5.74) is 7.99. The van der Waals surface area contributed by atoms with E-state index < -0.39 is 0 Å². The second-order valence-corrected chi connectivity index (χ2v) is 4.94. The Labute approximate surface area is 123 Å². The van der Waals surface area contributed by atoms with Crippen molar-refractivity contribution < 1.29 is 4.79 Å². The molecular weight excluding hydrogens is 292 g/mol. The molecule has 2 aromatic carbocycles. The maximum atomic E-state index is 12.1. The number of aromatic amines is 2. The molecule has 3 aromatic rings. The fourth-order valence-electron chi connectivity index (χ4n) is 1.98. The quantitative estimate of drug-likeness (QED) is 0.546. The van der Waals surface area contributed by atoms with E-state index in [9.17, 15) is 9.59 Å². The Kier molecular flexibility index (Phi) is 3.15.